The Bertz CT molecular complexity index is 1270. The molecule has 1 aliphatic rings. The number of nitrogens with zero attached hydrogens (tertiary/aromatic N) is 1. The van der Waals surface area contributed by atoms with Crippen LogP contribution in [0.3, 0.4) is 0 Å². The van der Waals surface area contributed by atoms with Crippen LogP contribution in [0.15, 0.2) is 84.9 Å². The summed E-state index contributed by atoms with van der Waals surface area (Å²) in [6.45, 7) is 9.61. The number of Topliss-reactive ketones (excluding diaryl/α,β-unsaturated/α-hetero) is 1. The minimum atomic E-state index is -1.79. The van der Waals surface area contributed by atoms with Crippen molar-refractivity contribution in [3.05, 3.63) is 107 Å². The van der Waals surface area contributed by atoms with Gasteiger partial charge in [-0.2, -0.15) is 0 Å². The standard InChI is InChI=1S/C32H39NO2.C4H6O5/c1-32(2,3)28-18-16-25(17-19-28)30(34)15-10-22-33-23-20-29(21-24-33)35-31(26-11-6-4-7-12-26)27-13-8-5-9-14-27;5-2(4(8)9)1-3(6)7/h4-9,11-14,16-19,29,31H,10,15,20-24H2,1-3H3;2,5H,1H2,(H,6,7)(H,8,9). The van der Waals surface area contributed by atoms with E-state index in [0.29, 0.717) is 6.42 Å². The Kier molecular flexibility index (Phi) is 13.3. The van der Waals surface area contributed by atoms with E-state index in [-0.39, 0.29) is 23.4 Å². The lowest BCUT2D eigenvalue weighted by Crippen LogP contribution is -2.38. The molecule has 3 N–H and O–H groups in total. The van der Waals surface area contributed by atoms with Crippen molar-refractivity contribution in [1.29, 1.82) is 0 Å². The van der Waals surface area contributed by atoms with Crippen molar-refractivity contribution in [2.75, 3.05) is 19.6 Å². The van der Waals surface area contributed by atoms with Crippen LogP contribution in [0.2, 0.25) is 0 Å². The van der Waals surface area contributed by atoms with E-state index in [4.69, 9.17) is 20.1 Å². The van der Waals surface area contributed by atoms with Gasteiger partial charge in [0.1, 0.15) is 6.10 Å². The first kappa shape index (κ1) is 34.6. The van der Waals surface area contributed by atoms with Gasteiger partial charge in [0.25, 0.3) is 0 Å². The summed E-state index contributed by atoms with van der Waals surface area (Å²) in [6.07, 6.45) is 1.24. The normalized spacial score (nSPS) is 14.8. The number of carbonyl (C=O) groups excluding carboxylic acids is 1. The van der Waals surface area contributed by atoms with Crippen LogP contribution in [-0.4, -0.2) is 69.8 Å². The minimum Gasteiger partial charge on any atom is -0.481 e. The highest BCUT2D eigenvalue weighted by molar-refractivity contribution is 5.96. The molecular formula is C36H45NO7. The zero-order valence-corrected chi connectivity index (χ0v) is 25.9. The summed E-state index contributed by atoms with van der Waals surface area (Å²) < 4.78 is 6.67. The fourth-order valence-electron chi connectivity index (χ4n) is 5.08. The van der Waals surface area contributed by atoms with Crippen LogP contribution < -0.4 is 0 Å². The summed E-state index contributed by atoms with van der Waals surface area (Å²) in [5.74, 6) is -2.60. The van der Waals surface area contributed by atoms with Gasteiger partial charge in [-0.15, -0.1) is 0 Å². The van der Waals surface area contributed by atoms with Gasteiger partial charge in [0, 0.05) is 25.1 Å². The van der Waals surface area contributed by atoms with Crippen molar-refractivity contribution in [3.63, 3.8) is 0 Å². The third kappa shape index (κ3) is 11.3. The summed E-state index contributed by atoms with van der Waals surface area (Å²) in [5, 5.41) is 24.1. The van der Waals surface area contributed by atoms with E-state index in [0.717, 1.165) is 44.5 Å². The van der Waals surface area contributed by atoms with E-state index in [1.54, 1.807) is 0 Å². The van der Waals surface area contributed by atoms with Crippen molar-refractivity contribution in [1.82, 2.24) is 4.90 Å². The Labute approximate surface area is 260 Å². The predicted octanol–water partition coefficient (Wildman–Crippen LogP) is 6.12. The Morgan fingerprint density at radius 3 is 1.80 bits per heavy atom. The quantitative estimate of drug-likeness (QED) is 0.212. The van der Waals surface area contributed by atoms with Gasteiger partial charge in [0.15, 0.2) is 11.9 Å². The molecule has 0 radical (unpaired) electrons. The molecule has 0 amide bonds. The molecule has 8 nitrogen and oxygen atoms in total. The number of hydrogen-bond donors (Lipinski definition) is 3. The maximum atomic E-state index is 12.7. The van der Waals surface area contributed by atoms with Gasteiger partial charge in [0.05, 0.1) is 12.5 Å². The van der Waals surface area contributed by atoms with Crippen LogP contribution in [0.5, 0.6) is 0 Å². The molecule has 3 aromatic rings. The van der Waals surface area contributed by atoms with Crippen LogP contribution in [-0.2, 0) is 19.7 Å². The Hall–Kier alpha value is -3.85. The summed E-state index contributed by atoms with van der Waals surface area (Å²) in [7, 11) is 0. The predicted molar refractivity (Wildman–Crippen MR) is 170 cm³/mol. The number of carboxylic acid groups (broad SMARTS) is 2. The van der Waals surface area contributed by atoms with E-state index >= 15 is 0 Å². The lowest BCUT2D eigenvalue weighted by molar-refractivity contribution is -0.152. The maximum absolute atomic E-state index is 12.7. The van der Waals surface area contributed by atoms with Gasteiger partial charge < -0.3 is 25.0 Å². The molecule has 0 aromatic heterocycles. The Morgan fingerprint density at radius 1 is 0.841 bits per heavy atom. The number of ketones is 1. The van der Waals surface area contributed by atoms with Crippen LogP contribution in [0.1, 0.15) is 86.0 Å². The summed E-state index contributed by atoms with van der Waals surface area (Å²) >= 11 is 0. The zero-order chi connectivity index (χ0) is 32.1. The molecule has 0 spiro atoms. The number of ether oxygens (including phenoxy) is 1. The molecular weight excluding hydrogens is 558 g/mol. The van der Waals surface area contributed by atoms with E-state index in [1.165, 1.54) is 16.7 Å². The third-order valence-electron chi connectivity index (χ3n) is 7.67. The molecule has 44 heavy (non-hydrogen) atoms. The molecule has 0 aliphatic carbocycles. The molecule has 1 unspecified atom stereocenters. The molecule has 4 rings (SSSR count). The van der Waals surface area contributed by atoms with Crippen molar-refractivity contribution in [2.45, 2.75) is 76.6 Å². The second-order valence-corrected chi connectivity index (χ2v) is 12.2. The number of hydrogen-bond acceptors (Lipinski definition) is 6. The number of piperidine rings is 1. The molecule has 8 heteroatoms. The van der Waals surface area contributed by atoms with Gasteiger partial charge in [-0.25, -0.2) is 4.79 Å². The fourth-order valence-corrected chi connectivity index (χ4v) is 5.08. The number of rotatable bonds is 12. The lowest BCUT2D eigenvalue weighted by Gasteiger charge is -2.34. The van der Waals surface area contributed by atoms with Crippen LogP contribution in [0, 0.1) is 0 Å². The van der Waals surface area contributed by atoms with E-state index in [9.17, 15) is 14.4 Å². The Morgan fingerprint density at radius 2 is 1.36 bits per heavy atom. The molecule has 1 fully saturated rings. The molecule has 236 valence electrons. The number of aliphatic hydroxyl groups is 1. The van der Waals surface area contributed by atoms with Crippen molar-refractivity contribution >= 4 is 17.7 Å². The molecule has 0 saturated carbocycles. The van der Waals surface area contributed by atoms with Crippen molar-refractivity contribution < 1.29 is 34.4 Å². The first-order chi connectivity index (χ1) is 20.9. The topological polar surface area (TPSA) is 124 Å². The molecule has 1 aliphatic heterocycles. The molecule has 0 bridgehead atoms. The smallest absolute Gasteiger partial charge is 0.333 e. The van der Waals surface area contributed by atoms with E-state index in [1.807, 2.05) is 12.1 Å². The largest absolute Gasteiger partial charge is 0.481 e. The minimum absolute atomic E-state index is 0.0313. The number of aliphatic carboxylic acids is 2. The lowest BCUT2D eigenvalue weighted by atomic mass is 9.86. The highest BCUT2D eigenvalue weighted by atomic mass is 16.5. The van der Waals surface area contributed by atoms with Gasteiger partial charge >= 0.3 is 11.9 Å². The molecule has 1 saturated heterocycles. The highest BCUT2D eigenvalue weighted by Crippen LogP contribution is 2.30. The SMILES string of the molecule is CC(C)(C)c1ccc(C(=O)CCCN2CCC(OC(c3ccccc3)c3ccccc3)CC2)cc1.O=C(O)CC(O)C(=O)O. The second-order valence-electron chi connectivity index (χ2n) is 12.2. The number of benzene rings is 3. The van der Waals surface area contributed by atoms with Crippen molar-refractivity contribution in [2.24, 2.45) is 0 Å². The number of likely N-dealkylation sites (tertiary alicyclic amines) is 1. The Balaban J connectivity index is 0.000000512. The van der Waals surface area contributed by atoms with Crippen LogP contribution >= 0.6 is 0 Å². The summed E-state index contributed by atoms with van der Waals surface area (Å²) in [6, 6.07) is 29.2. The average Bonchev–Trinajstić information content (AvgIpc) is 3.01. The second kappa shape index (κ2) is 16.9. The highest BCUT2D eigenvalue weighted by Gasteiger charge is 2.25. The zero-order valence-electron chi connectivity index (χ0n) is 25.9. The van der Waals surface area contributed by atoms with Gasteiger partial charge in [-0.05, 0) is 47.9 Å². The fraction of sp³-hybridized carbons (Fsp3) is 0.417. The van der Waals surface area contributed by atoms with E-state index in [2.05, 4.69) is 98.5 Å². The molecule has 3 aromatic carbocycles. The summed E-state index contributed by atoms with van der Waals surface area (Å²) in [5.41, 5.74) is 4.61. The van der Waals surface area contributed by atoms with Crippen LogP contribution in [0.25, 0.3) is 0 Å². The first-order valence-electron chi connectivity index (χ1n) is 15.2. The molecule has 1 atom stereocenters. The summed E-state index contributed by atoms with van der Waals surface area (Å²) in [4.78, 5) is 34.5. The van der Waals surface area contributed by atoms with Crippen molar-refractivity contribution in [3.8, 4) is 0 Å². The number of carboxylic acids is 2. The third-order valence-corrected chi connectivity index (χ3v) is 7.67. The number of aliphatic hydroxyl groups excluding tert-OH is 1. The first-order valence-corrected chi connectivity index (χ1v) is 15.2. The monoisotopic (exact) mass is 603 g/mol. The van der Waals surface area contributed by atoms with E-state index < -0.39 is 24.5 Å². The average molecular weight is 604 g/mol. The van der Waals surface area contributed by atoms with Gasteiger partial charge in [-0.1, -0.05) is 106 Å². The number of carbonyl (C=O) groups is 3. The molecule has 1 heterocycles. The maximum Gasteiger partial charge on any atom is 0.333 e. The van der Waals surface area contributed by atoms with Gasteiger partial charge in [-0.3, -0.25) is 9.59 Å². The van der Waals surface area contributed by atoms with Crippen LogP contribution in [0.4, 0.5) is 0 Å². The van der Waals surface area contributed by atoms with Gasteiger partial charge in [0.2, 0.25) is 0 Å².